The van der Waals surface area contributed by atoms with Crippen LogP contribution in [0.25, 0.3) is 0 Å². The summed E-state index contributed by atoms with van der Waals surface area (Å²) in [5.74, 6) is -0.157. The van der Waals surface area contributed by atoms with Gasteiger partial charge in [-0.1, -0.05) is 0 Å². The maximum atomic E-state index is 11.8. The van der Waals surface area contributed by atoms with Crippen LogP contribution in [-0.4, -0.2) is 26.4 Å². The molecule has 0 spiro atoms. The largest absolute Gasteiger partial charge is 0.325 e. The number of hydrogen-bond donors (Lipinski definition) is 3. The molecule has 0 heterocycles. The van der Waals surface area contributed by atoms with E-state index in [2.05, 4.69) is 26.6 Å². The first-order valence-corrected chi connectivity index (χ1v) is 8.70. The monoisotopic (exact) mass is 377 g/mol. The molecule has 1 aromatic rings. The van der Waals surface area contributed by atoms with Crippen molar-refractivity contribution < 1.29 is 13.2 Å². The third-order valence-corrected chi connectivity index (χ3v) is 4.12. The van der Waals surface area contributed by atoms with Gasteiger partial charge in [0.15, 0.2) is 0 Å². The highest BCUT2D eigenvalue weighted by Gasteiger charge is 2.13. The Morgan fingerprint density at radius 3 is 2.43 bits per heavy atom. The van der Waals surface area contributed by atoms with Gasteiger partial charge in [-0.3, -0.25) is 4.79 Å². The molecule has 0 aliphatic rings. The molecule has 0 aliphatic carbocycles. The van der Waals surface area contributed by atoms with Gasteiger partial charge < -0.3 is 10.6 Å². The maximum absolute atomic E-state index is 11.8. The Morgan fingerprint density at radius 2 is 1.95 bits per heavy atom. The number of amides is 1. The molecule has 1 amide bonds. The van der Waals surface area contributed by atoms with E-state index < -0.39 is 10.0 Å². The molecule has 0 radical (unpaired) electrons. The van der Waals surface area contributed by atoms with Gasteiger partial charge in [0.2, 0.25) is 15.9 Å². The highest BCUT2D eigenvalue weighted by atomic mass is 79.9. The number of carbonyl (C=O) groups is 1. The Balaban J connectivity index is 2.65. The normalized spacial score (nSPS) is 12.2. The second-order valence-corrected chi connectivity index (χ2v) is 8.08. The number of primary sulfonamides is 1. The standard InChI is InChI=1S/C13H20BrN3O3S/c1-13(2,3)16-7-6-12(18)17-11-5-4-9(8-10(11)14)21(15,19)20/h4-5,8,16H,6-7H2,1-3H3,(H,17,18)(H2,15,19,20). The summed E-state index contributed by atoms with van der Waals surface area (Å²) in [7, 11) is -3.75. The van der Waals surface area contributed by atoms with Crippen LogP contribution in [0.1, 0.15) is 27.2 Å². The van der Waals surface area contributed by atoms with Gasteiger partial charge in [-0.25, -0.2) is 13.6 Å². The van der Waals surface area contributed by atoms with E-state index >= 15 is 0 Å². The van der Waals surface area contributed by atoms with E-state index in [1.807, 2.05) is 20.8 Å². The second-order valence-electron chi connectivity index (χ2n) is 5.66. The van der Waals surface area contributed by atoms with Crippen molar-refractivity contribution >= 4 is 37.5 Å². The quantitative estimate of drug-likeness (QED) is 0.727. The lowest BCUT2D eigenvalue weighted by molar-refractivity contribution is -0.116. The van der Waals surface area contributed by atoms with E-state index in [1.54, 1.807) is 0 Å². The average molecular weight is 378 g/mol. The molecule has 0 fully saturated rings. The first-order valence-electron chi connectivity index (χ1n) is 6.36. The number of benzene rings is 1. The zero-order chi connectivity index (χ0) is 16.3. The highest BCUT2D eigenvalue weighted by molar-refractivity contribution is 9.10. The first kappa shape index (κ1) is 18.1. The molecule has 1 rings (SSSR count). The highest BCUT2D eigenvalue weighted by Crippen LogP contribution is 2.25. The molecule has 21 heavy (non-hydrogen) atoms. The summed E-state index contributed by atoms with van der Waals surface area (Å²) >= 11 is 3.22. The van der Waals surface area contributed by atoms with Crippen LogP contribution in [0, 0.1) is 0 Å². The van der Waals surface area contributed by atoms with Crippen LogP contribution in [0.2, 0.25) is 0 Å². The minimum absolute atomic E-state index is 0.0122. The average Bonchev–Trinajstić information content (AvgIpc) is 2.28. The van der Waals surface area contributed by atoms with Gasteiger partial charge in [0, 0.05) is 23.0 Å². The van der Waals surface area contributed by atoms with Crippen LogP contribution in [0.3, 0.4) is 0 Å². The van der Waals surface area contributed by atoms with Crippen molar-refractivity contribution in [1.29, 1.82) is 0 Å². The van der Waals surface area contributed by atoms with Crippen molar-refractivity contribution in [1.82, 2.24) is 5.32 Å². The predicted molar refractivity (Wildman–Crippen MR) is 86.5 cm³/mol. The summed E-state index contributed by atoms with van der Waals surface area (Å²) in [5, 5.41) is 11.0. The molecular weight excluding hydrogens is 358 g/mol. The molecule has 1 aromatic carbocycles. The van der Waals surface area contributed by atoms with Gasteiger partial charge in [-0.15, -0.1) is 0 Å². The molecule has 0 saturated carbocycles. The van der Waals surface area contributed by atoms with Gasteiger partial charge in [-0.2, -0.15) is 0 Å². The van der Waals surface area contributed by atoms with E-state index in [-0.39, 0.29) is 16.3 Å². The summed E-state index contributed by atoms with van der Waals surface area (Å²) < 4.78 is 22.9. The van der Waals surface area contributed by atoms with Crippen LogP contribution in [0.4, 0.5) is 5.69 Å². The van der Waals surface area contributed by atoms with Crippen LogP contribution >= 0.6 is 15.9 Å². The number of nitrogens with one attached hydrogen (secondary N) is 2. The number of nitrogens with two attached hydrogens (primary N) is 1. The van der Waals surface area contributed by atoms with Crippen LogP contribution in [0.5, 0.6) is 0 Å². The predicted octanol–water partition coefficient (Wildman–Crippen LogP) is 1.81. The number of carbonyl (C=O) groups excluding carboxylic acids is 1. The summed E-state index contributed by atoms with van der Waals surface area (Å²) in [4.78, 5) is 11.8. The van der Waals surface area contributed by atoms with Crippen LogP contribution < -0.4 is 15.8 Å². The number of hydrogen-bond acceptors (Lipinski definition) is 4. The van der Waals surface area contributed by atoms with Crippen LogP contribution in [-0.2, 0) is 14.8 Å². The van der Waals surface area contributed by atoms with Crippen molar-refractivity contribution in [3.05, 3.63) is 22.7 Å². The Bertz CT molecular complexity index is 624. The summed E-state index contributed by atoms with van der Waals surface area (Å²) in [6.45, 7) is 6.62. The van der Waals surface area contributed by atoms with Crippen LogP contribution in [0.15, 0.2) is 27.6 Å². The smallest absolute Gasteiger partial charge is 0.238 e. The van der Waals surface area contributed by atoms with Crippen molar-refractivity contribution in [3.63, 3.8) is 0 Å². The zero-order valence-electron chi connectivity index (χ0n) is 12.2. The summed E-state index contributed by atoms with van der Waals surface area (Å²) in [6, 6.07) is 4.21. The number of rotatable bonds is 5. The molecule has 4 N–H and O–H groups in total. The maximum Gasteiger partial charge on any atom is 0.238 e. The van der Waals surface area contributed by atoms with E-state index in [9.17, 15) is 13.2 Å². The van der Waals surface area contributed by atoms with Crippen molar-refractivity contribution in [2.75, 3.05) is 11.9 Å². The molecular formula is C13H20BrN3O3S. The lowest BCUT2D eigenvalue weighted by atomic mass is 10.1. The molecule has 0 atom stereocenters. The molecule has 0 unspecified atom stereocenters. The molecule has 0 aromatic heterocycles. The number of sulfonamides is 1. The van der Waals surface area contributed by atoms with E-state index in [0.717, 1.165) is 0 Å². The SMILES string of the molecule is CC(C)(C)NCCC(=O)Nc1ccc(S(N)(=O)=O)cc1Br. The topological polar surface area (TPSA) is 101 Å². The Labute approximate surface area is 133 Å². The Kier molecular flexibility index (Phi) is 5.92. The van der Waals surface area contributed by atoms with E-state index in [0.29, 0.717) is 23.1 Å². The zero-order valence-corrected chi connectivity index (χ0v) is 14.6. The van der Waals surface area contributed by atoms with E-state index in [1.165, 1.54) is 18.2 Å². The minimum Gasteiger partial charge on any atom is -0.325 e. The molecule has 6 nitrogen and oxygen atoms in total. The van der Waals surface area contributed by atoms with Gasteiger partial charge in [-0.05, 0) is 54.9 Å². The van der Waals surface area contributed by atoms with Crippen molar-refractivity contribution in [2.24, 2.45) is 5.14 Å². The lowest BCUT2D eigenvalue weighted by Gasteiger charge is -2.20. The third-order valence-electron chi connectivity index (χ3n) is 2.55. The van der Waals surface area contributed by atoms with Gasteiger partial charge in [0.1, 0.15) is 0 Å². The first-order chi connectivity index (χ1) is 9.49. The lowest BCUT2D eigenvalue weighted by Crippen LogP contribution is -2.37. The fraction of sp³-hybridized carbons (Fsp3) is 0.462. The fourth-order valence-corrected chi connectivity index (χ4v) is 2.71. The Hall–Kier alpha value is -0.960. The van der Waals surface area contributed by atoms with Gasteiger partial charge in [0.25, 0.3) is 0 Å². The number of anilines is 1. The summed E-state index contributed by atoms with van der Waals surface area (Å²) in [6.07, 6.45) is 0.320. The van der Waals surface area contributed by atoms with Gasteiger partial charge in [0.05, 0.1) is 10.6 Å². The molecule has 0 saturated heterocycles. The Morgan fingerprint density at radius 1 is 1.33 bits per heavy atom. The third kappa shape index (κ3) is 6.56. The second kappa shape index (κ2) is 6.87. The molecule has 0 aliphatic heterocycles. The molecule has 0 bridgehead atoms. The van der Waals surface area contributed by atoms with Crippen molar-refractivity contribution in [2.45, 2.75) is 37.6 Å². The van der Waals surface area contributed by atoms with Crippen molar-refractivity contribution in [3.8, 4) is 0 Å². The van der Waals surface area contributed by atoms with E-state index in [4.69, 9.17) is 5.14 Å². The molecule has 118 valence electrons. The number of halogens is 1. The van der Waals surface area contributed by atoms with Gasteiger partial charge >= 0.3 is 0 Å². The summed E-state index contributed by atoms with van der Waals surface area (Å²) in [5.41, 5.74) is 0.459. The minimum atomic E-state index is -3.75. The fourth-order valence-electron chi connectivity index (χ4n) is 1.54. The molecule has 8 heteroatoms.